The monoisotopic (exact) mass is 1150 g/mol. The molecule has 4 rings (SSSR count). The first-order valence-corrected chi connectivity index (χ1v) is 25.6. The van der Waals surface area contributed by atoms with E-state index < -0.39 is 94.9 Å². The van der Waals surface area contributed by atoms with E-state index in [-0.39, 0.29) is 85.8 Å². The Balaban J connectivity index is 0.0000126. The molecule has 10 unspecified atom stereocenters. The molecular weight excluding hydrogens is 1110 g/mol. The molecule has 369 valence electrons. The number of methoxy groups -OCH3 is 1. The van der Waals surface area contributed by atoms with Crippen molar-refractivity contribution in [3.63, 3.8) is 0 Å². The molecule has 1 radical (unpaired) electrons. The van der Waals surface area contributed by atoms with Gasteiger partial charge in [0.05, 0.1) is 36.3 Å². The molecule has 2 fully saturated rings. The first-order chi connectivity index (χ1) is 32.3. The number of aromatic nitrogens is 2. The van der Waals surface area contributed by atoms with Crippen LogP contribution in [0.15, 0.2) is 102 Å². The van der Waals surface area contributed by atoms with Crippen molar-refractivity contribution < 1.29 is 104 Å². The summed E-state index contributed by atoms with van der Waals surface area (Å²) in [6.45, 7) is 4.31. The van der Waals surface area contributed by atoms with Crippen molar-refractivity contribution in [2.24, 2.45) is 5.92 Å². The number of aromatic amines is 1. The van der Waals surface area contributed by atoms with E-state index in [2.05, 4.69) is 94.6 Å². The number of phosphoric ester groups is 2. The van der Waals surface area contributed by atoms with Gasteiger partial charge >= 0.3 is 13.5 Å². The predicted octanol–water partition coefficient (Wildman–Crippen LogP) is 2.87. The fourth-order valence-electron chi connectivity index (χ4n) is 6.81. The number of Topliss-reactive ketones (excluding diaryl/α,β-unsaturated/α-hetero) is 1. The van der Waals surface area contributed by atoms with Crippen LogP contribution in [0.5, 0.6) is 0 Å². The molecule has 0 aromatic carbocycles. The number of ketones is 1. The van der Waals surface area contributed by atoms with Crippen molar-refractivity contribution in [1.29, 1.82) is 0 Å². The number of ether oxygens (including phenoxy) is 3. The molecule has 21 nitrogen and oxygen atoms in total. The Bertz CT molecular complexity index is 2680. The number of carbonyl (C=O) groups is 3. The summed E-state index contributed by atoms with van der Waals surface area (Å²) in [6.07, 6.45) is 0.234. The number of phosphoric acid groups is 2. The maximum Gasteiger partial charge on any atom is 0.527 e. The second-order valence-electron chi connectivity index (χ2n) is 14.9. The molecule has 26 heteroatoms. The molecule has 4 heterocycles. The summed E-state index contributed by atoms with van der Waals surface area (Å²) in [5.74, 6) is -1.15. The first kappa shape index (κ1) is 59.7. The number of amides is 2. The van der Waals surface area contributed by atoms with Crippen LogP contribution in [0, 0.1) is 5.92 Å². The third-order valence-electron chi connectivity index (χ3n) is 9.99. The van der Waals surface area contributed by atoms with Crippen LogP contribution in [0.1, 0.15) is 64.5 Å². The molecule has 0 spiro atoms. The zero-order chi connectivity index (χ0) is 49.9. The number of hydrogen-bond donors (Lipinski definition) is 5. The number of unbranched alkanes of at least 4 members (excludes halogenated alkanes) is 2. The maximum atomic E-state index is 13.1. The molecule has 5 N–H and O–H groups in total. The van der Waals surface area contributed by atoms with Crippen molar-refractivity contribution in [1.82, 2.24) is 19.8 Å². The zero-order valence-electron chi connectivity index (χ0n) is 37.3. The van der Waals surface area contributed by atoms with E-state index in [0.29, 0.717) is 31.6 Å². The van der Waals surface area contributed by atoms with Crippen LogP contribution >= 0.6 is 43.3 Å². The average Bonchev–Trinajstić information content (AvgIpc) is 3.80. The molecule has 1 aromatic heterocycles. The number of nitrogens with one attached hydrogen (secondary N) is 2. The molecule has 10 atom stereocenters. The largest absolute Gasteiger partial charge is 0.756 e. The van der Waals surface area contributed by atoms with Gasteiger partial charge in [0, 0.05) is 101 Å². The van der Waals surface area contributed by atoms with Crippen LogP contribution < -0.4 is 21.5 Å². The molecule has 69 heavy (non-hydrogen) atoms. The summed E-state index contributed by atoms with van der Waals surface area (Å²) in [4.78, 5) is 96.6. The van der Waals surface area contributed by atoms with Gasteiger partial charge < -0.3 is 43.5 Å². The van der Waals surface area contributed by atoms with Gasteiger partial charge in [-0.25, -0.2) is 9.36 Å². The average molecular weight is 1160 g/mol. The SMILES string of the molecule is C=C=C=C=C=C=C=C=C=C=C=C(CC(=O)CCCCCNC(=O)CCSC1C=CN(C2OC(COP(=O)([O-])O)C(OC)C2C)C(=O)C1)OP(=O)(O)OCC1OC(n2cc(Br)c(=O)[nH]c2=O)CC1O.[Y]. The number of hydrogen-bond acceptors (Lipinski definition) is 16. The van der Waals surface area contributed by atoms with Gasteiger partial charge in [0.2, 0.25) is 11.8 Å². The number of H-pyrrole nitrogens is 1. The zero-order valence-corrected chi connectivity index (χ0v) is 44.3. The quantitative estimate of drug-likeness (QED) is 0.0456. The summed E-state index contributed by atoms with van der Waals surface area (Å²) < 4.78 is 56.9. The van der Waals surface area contributed by atoms with Crippen molar-refractivity contribution in [2.75, 3.05) is 32.6 Å². The molecule has 2 amide bonds. The van der Waals surface area contributed by atoms with Crippen LogP contribution in [0.25, 0.3) is 0 Å². The van der Waals surface area contributed by atoms with E-state index in [9.17, 15) is 48.0 Å². The summed E-state index contributed by atoms with van der Waals surface area (Å²) in [7, 11) is -8.54. The minimum atomic E-state index is -4.98. The third-order valence-corrected chi connectivity index (χ3v) is 13.1. The van der Waals surface area contributed by atoms with Gasteiger partial charge in [-0.3, -0.25) is 47.6 Å². The molecule has 3 aliphatic heterocycles. The summed E-state index contributed by atoms with van der Waals surface area (Å²) >= 11 is 4.46. The van der Waals surface area contributed by atoms with E-state index in [1.54, 1.807) is 13.1 Å². The Morgan fingerprint density at radius 2 is 1.70 bits per heavy atom. The van der Waals surface area contributed by atoms with Crippen LogP contribution in [-0.2, 0) is 84.0 Å². The predicted molar refractivity (Wildman–Crippen MR) is 242 cm³/mol. The number of rotatable bonds is 23. The number of allylic oxidation sites excluding steroid dienone is 1. The van der Waals surface area contributed by atoms with E-state index in [1.165, 1.54) is 30.0 Å². The van der Waals surface area contributed by atoms with E-state index in [0.717, 1.165) is 4.57 Å². The molecule has 0 aliphatic carbocycles. The normalized spacial score (nSPS) is 24.0. The van der Waals surface area contributed by atoms with Gasteiger partial charge in [-0.2, -0.15) is 11.8 Å². The number of halogens is 1. The second-order valence-corrected chi connectivity index (χ2v) is 19.7. The molecular formula is C43H48BrN4O17P2SY-. The number of nitrogens with zero attached hydrogens (tertiary/aromatic N) is 2. The fraction of sp³-hybridized carbons (Fsp3) is 0.512. The first-order valence-electron chi connectivity index (χ1n) is 20.7. The maximum absolute atomic E-state index is 13.1. The van der Waals surface area contributed by atoms with Crippen LogP contribution in [-0.4, -0.2) is 115 Å². The van der Waals surface area contributed by atoms with Gasteiger partial charge in [-0.15, -0.1) is 0 Å². The number of aliphatic hydroxyl groups excluding tert-OH is 1. The minimum Gasteiger partial charge on any atom is -0.756 e. The Morgan fingerprint density at radius 1 is 1.01 bits per heavy atom. The smallest absolute Gasteiger partial charge is 0.527 e. The molecule has 0 bridgehead atoms. The van der Waals surface area contributed by atoms with Crippen molar-refractivity contribution >= 4 is 60.9 Å². The minimum absolute atomic E-state index is 0. The van der Waals surface area contributed by atoms with Crippen molar-refractivity contribution in [2.45, 2.75) is 100 Å². The van der Waals surface area contributed by atoms with Gasteiger partial charge in [0.25, 0.3) is 13.4 Å². The van der Waals surface area contributed by atoms with E-state index >= 15 is 0 Å². The fourth-order valence-corrected chi connectivity index (χ4v) is 9.29. The summed E-state index contributed by atoms with van der Waals surface area (Å²) in [5, 5.41) is 13.2. The van der Waals surface area contributed by atoms with Crippen molar-refractivity contribution in [3.8, 4) is 0 Å². The third kappa shape index (κ3) is 20.6. The molecule has 2 saturated heterocycles. The van der Waals surface area contributed by atoms with Crippen LogP contribution in [0.4, 0.5) is 0 Å². The van der Waals surface area contributed by atoms with E-state index in [1.807, 2.05) is 6.08 Å². The Kier molecular flexibility index (Phi) is 25.7. The van der Waals surface area contributed by atoms with Crippen molar-refractivity contribution in [3.05, 3.63) is 113 Å². The van der Waals surface area contributed by atoms with E-state index in [4.69, 9.17) is 28.2 Å². The summed E-state index contributed by atoms with van der Waals surface area (Å²) in [5.41, 5.74) is 22.6. The standard InChI is InChI=1S/C43H49BrN4O17P2S.Y/c1-4-5-6-7-8-9-10-11-14-17-31(65-67(58,59)62-27-35-34(50)25-39(63-35)48-26-33(44)41(53)46-43(48)54)23-30(49)16-13-12-15-20-45-37(51)19-22-68-32-18-21-47(38(52)24-32)42-29(2)40(60-3)36(64-42)28-61-66(55,56)57;/h18,21,26,29,32,34-36,39-40,42,50H,1,12-13,15-16,19-20,22-25,27-28H2,2-3H3,(H,45,51)(H,58,59)(H,46,53,54)(H2,55,56,57);/p-1. The molecule has 3 aliphatic rings. The molecule has 1 aromatic rings. The second kappa shape index (κ2) is 29.7. The van der Waals surface area contributed by atoms with Crippen LogP contribution in [0.3, 0.4) is 0 Å². The van der Waals surface area contributed by atoms with Gasteiger partial charge in [0.1, 0.15) is 30.4 Å². The van der Waals surface area contributed by atoms with Gasteiger partial charge in [0.15, 0.2) is 5.76 Å². The number of aliphatic hydroxyl groups is 1. The Morgan fingerprint density at radius 3 is 2.36 bits per heavy atom. The number of carbonyl (C=O) groups excluding carboxylic acids is 3. The Hall–Kier alpha value is -3.60. The number of thioether (sulfide) groups is 1. The molecule has 0 saturated carbocycles. The van der Waals surface area contributed by atoms with Gasteiger partial charge in [-0.05, 0) is 86.9 Å². The van der Waals surface area contributed by atoms with Crippen LogP contribution in [0.2, 0.25) is 0 Å². The summed E-state index contributed by atoms with van der Waals surface area (Å²) in [6, 6.07) is 0. The topological polar surface area (TPSA) is 295 Å². The Labute approximate surface area is 433 Å². The van der Waals surface area contributed by atoms with Gasteiger partial charge in [-0.1, -0.05) is 25.2 Å².